The maximum atomic E-state index is 13.3. The van der Waals surface area contributed by atoms with E-state index in [2.05, 4.69) is 10.6 Å². The maximum absolute atomic E-state index is 13.3. The molecular formula is C13H16ClF3N2O. The van der Waals surface area contributed by atoms with Crippen molar-refractivity contribution in [1.82, 2.24) is 10.6 Å². The average Bonchev–Trinajstić information content (AvgIpc) is 2.80. The normalized spacial score (nSPS) is 17.6. The first-order valence-electron chi connectivity index (χ1n) is 6.21. The maximum Gasteiger partial charge on any atom is 0.257 e. The summed E-state index contributed by atoms with van der Waals surface area (Å²) in [5, 5.41) is 5.65. The highest BCUT2D eigenvalue weighted by Crippen LogP contribution is 2.15. The van der Waals surface area contributed by atoms with Gasteiger partial charge in [0.05, 0.1) is 0 Å². The summed E-state index contributed by atoms with van der Waals surface area (Å²) in [6, 6.07) is 0.998. The zero-order valence-corrected chi connectivity index (χ0v) is 11.5. The van der Waals surface area contributed by atoms with Crippen molar-refractivity contribution in [2.45, 2.75) is 12.8 Å². The van der Waals surface area contributed by atoms with Crippen molar-refractivity contribution in [2.75, 3.05) is 19.6 Å². The lowest BCUT2D eigenvalue weighted by Gasteiger charge is -2.10. The molecule has 1 unspecified atom stereocenters. The lowest BCUT2D eigenvalue weighted by molar-refractivity contribution is 0.0943. The monoisotopic (exact) mass is 308 g/mol. The van der Waals surface area contributed by atoms with Crippen LogP contribution in [-0.4, -0.2) is 25.5 Å². The molecule has 2 rings (SSSR count). The summed E-state index contributed by atoms with van der Waals surface area (Å²) >= 11 is 0. The van der Waals surface area contributed by atoms with Crippen LogP contribution in [-0.2, 0) is 0 Å². The van der Waals surface area contributed by atoms with E-state index in [0.29, 0.717) is 24.6 Å². The molecule has 0 bridgehead atoms. The van der Waals surface area contributed by atoms with Crippen molar-refractivity contribution in [3.63, 3.8) is 0 Å². The second-order valence-corrected chi connectivity index (χ2v) is 4.65. The highest BCUT2D eigenvalue weighted by atomic mass is 35.5. The van der Waals surface area contributed by atoms with Gasteiger partial charge in [-0.1, -0.05) is 0 Å². The first kappa shape index (κ1) is 16.8. The molecule has 1 saturated heterocycles. The Bertz CT molecular complexity index is 456. The molecule has 0 aromatic heterocycles. The van der Waals surface area contributed by atoms with Crippen LogP contribution < -0.4 is 10.6 Å². The van der Waals surface area contributed by atoms with E-state index in [-0.39, 0.29) is 12.4 Å². The quantitative estimate of drug-likeness (QED) is 0.896. The zero-order valence-electron chi connectivity index (χ0n) is 10.7. The highest BCUT2D eigenvalue weighted by molar-refractivity contribution is 5.94. The first-order valence-corrected chi connectivity index (χ1v) is 6.21. The number of carbonyl (C=O) groups is 1. The Morgan fingerprint density at radius 2 is 1.95 bits per heavy atom. The largest absolute Gasteiger partial charge is 0.352 e. The second kappa shape index (κ2) is 7.50. The third-order valence-electron chi connectivity index (χ3n) is 3.23. The van der Waals surface area contributed by atoms with Crippen molar-refractivity contribution in [3.05, 3.63) is 35.1 Å². The zero-order chi connectivity index (χ0) is 13.8. The average molecular weight is 309 g/mol. The topological polar surface area (TPSA) is 41.1 Å². The standard InChI is InChI=1S/C13H15F3N2O.ClH/c14-9-5-10(15)12(11(16)6-9)13(19)18-4-2-8-1-3-17-7-8;/h5-6,8,17H,1-4,7H2,(H,18,19);1H. The second-order valence-electron chi connectivity index (χ2n) is 4.65. The molecule has 1 amide bonds. The van der Waals surface area contributed by atoms with Gasteiger partial charge in [-0.2, -0.15) is 0 Å². The van der Waals surface area contributed by atoms with Crippen molar-refractivity contribution in [3.8, 4) is 0 Å². The lowest BCUT2D eigenvalue weighted by Crippen LogP contribution is -2.28. The van der Waals surface area contributed by atoms with E-state index in [9.17, 15) is 18.0 Å². The molecule has 0 radical (unpaired) electrons. The number of hydrogen-bond donors (Lipinski definition) is 2. The molecule has 1 aromatic carbocycles. The summed E-state index contributed by atoms with van der Waals surface area (Å²) in [6.45, 7) is 2.20. The molecule has 1 atom stereocenters. The minimum atomic E-state index is -1.18. The summed E-state index contributed by atoms with van der Waals surface area (Å²) in [6.07, 6.45) is 1.79. The van der Waals surface area contributed by atoms with E-state index in [1.165, 1.54) is 0 Å². The molecule has 1 fully saturated rings. The van der Waals surface area contributed by atoms with Gasteiger partial charge in [0.2, 0.25) is 0 Å². The van der Waals surface area contributed by atoms with E-state index < -0.39 is 28.9 Å². The van der Waals surface area contributed by atoms with Gasteiger partial charge in [-0.15, -0.1) is 12.4 Å². The summed E-state index contributed by atoms with van der Waals surface area (Å²) < 4.78 is 39.4. The smallest absolute Gasteiger partial charge is 0.257 e. The number of hydrogen-bond acceptors (Lipinski definition) is 2. The van der Waals surface area contributed by atoms with E-state index in [4.69, 9.17) is 0 Å². The molecule has 2 N–H and O–H groups in total. The molecule has 112 valence electrons. The molecule has 1 heterocycles. The third kappa shape index (κ3) is 4.11. The Kier molecular flexibility index (Phi) is 6.29. The van der Waals surface area contributed by atoms with Gasteiger partial charge >= 0.3 is 0 Å². The molecule has 1 aliphatic heterocycles. The van der Waals surface area contributed by atoms with Crippen LogP contribution in [0.25, 0.3) is 0 Å². The number of carbonyl (C=O) groups excluding carboxylic acids is 1. The fourth-order valence-electron chi connectivity index (χ4n) is 2.20. The lowest BCUT2D eigenvalue weighted by atomic mass is 10.1. The van der Waals surface area contributed by atoms with Crippen molar-refractivity contribution in [2.24, 2.45) is 5.92 Å². The van der Waals surface area contributed by atoms with Gasteiger partial charge in [0.1, 0.15) is 23.0 Å². The molecule has 1 aromatic rings. The van der Waals surface area contributed by atoms with Crippen LogP contribution in [0.15, 0.2) is 12.1 Å². The summed E-state index contributed by atoms with van der Waals surface area (Å²) in [4.78, 5) is 11.6. The Balaban J connectivity index is 0.00000200. The van der Waals surface area contributed by atoms with E-state index in [1.807, 2.05) is 0 Å². The molecule has 1 aliphatic rings. The number of benzene rings is 1. The van der Waals surface area contributed by atoms with Crippen LogP contribution >= 0.6 is 12.4 Å². The van der Waals surface area contributed by atoms with Gasteiger partial charge in [0.25, 0.3) is 5.91 Å². The Labute approximate surface area is 121 Å². The molecule has 3 nitrogen and oxygen atoms in total. The Morgan fingerprint density at radius 3 is 2.50 bits per heavy atom. The minimum Gasteiger partial charge on any atom is -0.352 e. The molecular weight excluding hydrogens is 293 g/mol. The highest BCUT2D eigenvalue weighted by Gasteiger charge is 2.19. The van der Waals surface area contributed by atoms with Gasteiger partial charge in [-0.25, -0.2) is 13.2 Å². The number of nitrogens with one attached hydrogen (secondary N) is 2. The van der Waals surface area contributed by atoms with E-state index in [1.54, 1.807) is 0 Å². The molecule has 7 heteroatoms. The molecule has 0 spiro atoms. The molecule has 0 aliphatic carbocycles. The van der Waals surface area contributed by atoms with Gasteiger partial charge in [-0.05, 0) is 31.8 Å². The Hall–Kier alpha value is -1.27. The van der Waals surface area contributed by atoms with Crippen LogP contribution in [0.4, 0.5) is 13.2 Å². The minimum absolute atomic E-state index is 0. The first-order chi connectivity index (χ1) is 9.08. The van der Waals surface area contributed by atoms with Crippen LogP contribution in [0, 0.1) is 23.4 Å². The van der Waals surface area contributed by atoms with E-state index >= 15 is 0 Å². The number of amides is 1. The summed E-state index contributed by atoms with van der Waals surface area (Å²) in [5.74, 6) is -3.78. The predicted molar refractivity (Wildman–Crippen MR) is 71.5 cm³/mol. The van der Waals surface area contributed by atoms with Crippen molar-refractivity contribution in [1.29, 1.82) is 0 Å². The van der Waals surface area contributed by atoms with Crippen LogP contribution in [0.2, 0.25) is 0 Å². The van der Waals surface area contributed by atoms with Crippen molar-refractivity contribution < 1.29 is 18.0 Å². The summed E-state index contributed by atoms with van der Waals surface area (Å²) in [7, 11) is 0. The van der Waals surface area contributed by atoms with Crippen molar-refractivity contribution >= 4 is 18.3 Å². The van der Waals surface area contributed by atoms with Crippen LogP contribution in [0.1, 0.15) is 23.2 Å². The van der Waals surface area contributed by atoms with Crippen LogP contribution in [0.5, 0.6) is 0 Å². The van der Waals surface area contributed by atoms with Gasteiger partial charge in [0.15, 0.2) is 0 Å². The predicted octanol–water partition coefficient (Wildman–Crippen LogP) is 2.26. The number of halogens is 4. The van der Waals surface area contributed by atoms with Crippen LogP contribution in [0.3, 0.4) is 0 Å². The van der Waals surface area contributed by atoms with Gasteiger partial charge < -0.3 is 10.6 Å². The van der Waals surface area contributed by atoms with E-state index in [0.717, 1.165) is 25.9 Å². The van der Waals surface area contributed by atoms with Gasteiger partial charge in [-0.3, -0.25) is 4.79 Å². The third-order valence-corrected chi connectivity index (χ3v) is 3.23. The number of rotatable bonds is 4. The molecule has 0 saturated carbocycles. The fraction of sp³-hybridized carbons (Fsp3) is 0.462. The SMILES string of the molecule is Cl.O=C(NCCC1CCNC1)c1c(F)cc(F)cc1F. The van der Waals surface area contributed by atoms with Gasteiger partial charge in [0, 0.05) is 18.7 Å². The Morgan fingerprint density at radius 1 is 1.30 bits per heavy atom. The summed E-state index contributed by atoms with van der Waals surface area (Å²) in [5.41, 5.74) is -0.731. The fourth-order valence-corrected chi connectivity index (χ4v) is 2.20. The molecule has 20 heavy (non-hydrogen) atoms.